The quantitative estimate of drug-likeness (QED) is 0.174. The van der Waals surface area contributed by atoms with Crippen LogP contribution in [0.25, 0.3) is 49.6 Å². The van der Waals surface area contributed by atoms with E-state index in [-0.39, 0.29) is 10.8 Å². The fraction of sp³-hybridized carbons (Fsp3) is 0.216. The molecular weight excluding hydrogens is 715 g/mol. The largest absolute Gasteiger partial charge is 0.457 e. The van der Waals surface area contributed by atoms with Crippen molar-refractivity contribution in [2.75, 3.05) is 16.5 Å². The summed E-state index contributed by atoms with van der Waals surface area (Å²) >= 11 is 0. The Labute approximate surface area is 339 Å². The molecule has 10 rings (SSSR count). The average molecular weight is 762 g/mol. The van der Waals surface area contributed by atoms with Gasteiger partial charge in [-0.2, -0.15) is 0 Å². The Kier molecular flexibility index (Phi) is 8.00. The number of hydrogen-bond donors (Lipinski definition) is 0. The molecule has 0 unspecified atom stereocenters. The monoisotopic (exact) mass is 761 g/mol. The molecule has 5 aromatic carbocycles. The van der Waals surface area contributed by atoms with Crippen molar-refractivity contribution < 1.29 is 9.15 Å². The molecule has 288 valence electrons. The molecule has 9 aromatic rings. The van der Waals surface area contributed by atoms with Crippen molar-refractivity contribution in [1.82, 2.24) is 14.5 Å². The maximum Gasteiger partial charge on any atom is 0.159 e. The van der Waals surface area contributed by atoms with Crippen LogP contribution in [0.1, 0.15) is 63.8 Å². The molecule has 1 aliphatic rings. The summed E-state index contributed by atoms with van der Waals surface area (Å²) in [5.74, 6) is 3.19. The Morgan fingerprint density at radius 1 is 0.569 bits per heavy atom. The van der Waals surface area contributed by atoms with Gasteiger partial charge in [-0.15, -0.1) is 0 Å². The zero-order valence-corrected chi connectivity index (χ0v) is 34.4. The topological polar surface area (TPSA) is 59.6 Å². The number of furan rings is 1. The van der Waals surface area contributed by atoms with Crippen LogP contribution in [0.15, 0.2) is 132 Å². The van der Waals surface area contributed by atoms with Crippen LogP contribution < -0.4 is 14.5 Å². The van der Waals surface area contributed by atoms with Gasteiger partial charge in [0.15, 0.2) is 11.4 Å². The number of fused-ring (bicyclic) bond motifs is 7. The van der Waals surface area contributed by atoms with Crippen LogP contribution in [0.4, 0.5) is 22.9 Å². The molecule has 0 bridgehead atoms. The van der Waals surface area contributed by atoms with Crippen molar-refractivity contribution in [2.24, 2.45) is 0 Å². The number of benzene rings is 5. The van der Waals surface area contributed by atoms with Crippen LogP contribution in [-0.2, 0) is 10.8 Å². The van der Waals surface area contributed by atoms with Gasteiger partial charge in [0.25, 0.3) is 0 Å². The first kappa shape index (κ1) is 35.8. The second-order valence-electron chi connectivity index (χ2n) is 17.8. The summed E-state index contributed by atoms with van der Waals surface area (Å²) in [7, 11) is 0. The minimum absolute atomic E-state index is 0.0186. The van der Waals surface area contributed by atoms with E-state index in [1.54, 1.807) is 0 Å². The number of ether oxygens (including phenoxy) is 1. The maximum absolute atomic E-state index is 6.92. The molecule has 0 N–H and O–H groups in total. The van der Waals surface area contributed by atoms with Crippen LogP contribution >= 0.6 is 0 Å². The molecule has 1 aliphatic heterocycles. The fourth-order valence-electron chi connectivity index (χ4n) is 8.73. The number of aryl methyl sites for hydroxylation is 2. The summed E-state index contributed by atoms with van der Waals surface area (Å²) in [6.07, 6.45) is 3.78. The molecule has 0 amide bonds. The van der Waals surface area contributed by atoms with E-state index in [1.807, 2.05) is 30.6 Å². The SMILES string of the molecule is Cc1cc(C(C)(C)C)cc(C)c1N1CN(c2cc(Oc3ccc4c5ccccc5n(-c5cc(C(C)(C)C)ccn5)c4c3)cc3c2oc2ccccc23)c2ncccc21. The van der Waals surface area contributed by atoms with Crippen LogP contribution in [-0.4, -0.2) is 21.2 Å². The van der Waals surface area contributed by atoms with Crippen LogP contribution in [0.3, 0.4) is 0 Å². The summed E-state index contributed by atoms with van der Waals surface area (Å²) in [5.41, 5.74) is 12.0. The van der Waals surface area contributed by atoms with Crippen molar-refractivity contribution in [3.05, 3.63) is 150 Å². The predicted octanol–water partition coefficient (Wildman–Crippen LogP) is 13.7. The number of aromatic nitrogens is 3. The highest BCUT2D eigenvalue weighted by Crippen LogP contribution is 2.49. The summed E-state index contributed by atoms with van der Waals surface area (Å²) in [6.45, 7) is 18.5. The van der Waals surface area contributed by atoms with E-state index in [9.17, 15) is 0 Å². The second-order valence-corrected chi connectivity index (χ2v) is 17.8. The molecule has 0 atom stereocenters. The van der Waals surface area contributed by atoms with E-state index < -0.39 is 0 Å². The van der Waals surface area contributed by atoms with Gasteiger partial charge in [0.05, 0.1) is 22.4 Å². The van der Waals surface area contributed by atoms with Gasteiger partial charge in [-0.05, 0) is 102 Å². The lowest BCUT2D eigenvalue weighted by molar-refractivity contribution is 0.484. The highest BCUT2D eigenvalue weighted by molar-refractivity contribution is 6.11. The molecular formula is C51H47N5O2. The smallest absolute Gasteiger partial charge is 0.159 e. The lowest BCUT2D eigenvalue weighted by Gasteiger charge is -2.28. The summed E-state index contributed by atoms with van der Waals surface area (Å²) in [5, 5.41) is 4.33. The number of rotatable bonds is 5. The minimum atomic E-state index is -0.0186. The van der Waals surface area contributed by atoms with Crippen molar-refractivity contribution in [2.45, 2.75) is 66.2 Å². The van der Waals surface area contributed by atoms with Gasteiger partial charge in [-0.25, -0.2) is 9.97 Å². The second kappa shape index (κ2) is 13.0. The third-order valence-electron chi connectivity index (χ3n) is 11.7. The van der Waals surface area contributed by atoms with Crippen LogP contribution in [0, 0.1) is 13.8 Å². The first-order valence-electron chi connectivity index (χ1n) is 20.1. The van der Waals surface area contributed by atoms with Gasteiger partial charge in [0.1, 0.15) is 29.6 Å². The first-order chi connectivity index (χ1) is 27.8. The van der Waals surface area contributed by atoms with E-state index in [0.717, 1.165) is 67.1 Å². The minimum Gasteiger partial charge on any atom is -0.457 e. The number of para-hydroxylation sites is 2. The number of pyridine rings is 2. The van der Waals surface area contributed by atoms with E-state index in [1.165, 1.54) is 33.3 Å². The molecule has 0 spiro atoms. The number of hydrogen-bond acceptors (Lipinski definition) is 6. The standard InChI is InChI=1S/C51H47N5O2/c1-31-24-34(51(6,7)8)25-32(2)47(31)54-30-55(49-42(54)17-13-22-53-49)44-29-36(27-40-39-15-10-12-18-45(39)58-48(40)44)57-35-19-20-38-37-14-9-11-16-41(37)56(43(38)28-35)46-26-33(21-23-52-46)50(3,4)5/h9-29H,30H2,1-8H3. The van der Waals surface area contributed by atoms with Crippen LogP contribution in [0.5, 0.6) is 11.5 Å². The molecule has 4 aromatic heterocycles. The third kappa shape index (κ3) is 5.79. The molecule has 7 nitrogen and oxygen atoms in total. The fourth-order valence-corrected chi connectivity index (χ4v) is 8.73. The molecule has 58 heavy (non-hydrogen) atoms. The highest BCUT2D eigenvalue weighted by Gasteiger charge is 2.34. The Morgan fingerprint density at radius 3 is 2.07 bits per heavy atom. The zero-order valence-electron chi connectivity index (χ0n) is 34.4. The lowest BCUT2D eigenvalue weighted by atomic mass is 9.84. The summed E-state index contributed by atoms with van der Waals surface area (Å²) < 4.78 is 15.9. The van der Waals surface area contributed by atoms with Crippen LogP contribution in [0.2, 0.25) is 0 Å². The first-order valence-corrected chi connectivity index (χ1v) is 20.1. The zero-order chi connectivity index (χ0) is 40.1. The van der Waals surface area contributed by atoms with E-state index in [2.05, 4.69) is 167 Å². The maximum atomic E-state index is 6.92. The number of anilines is 4. The van der Waals surface area contributed by atoms with Gasteiger partial charge in [0.2, 0.25) is 0 Å². The lowest BCUT2D eigenvalue weighted by Crippen LogP contribution is -2.25. The predicted molar refractivity (Wildman–Crippen MR) is 239 cm³/mol. The highest BCUT2D eigenvalue weighted by atomic mass is 16.5. The Hall–Kier alpha value is -6.60. The summed E-state index contributed by atoms with van der Waals surface area (Å²) in [6, 6.07) is 40.5. The van der Waals surface area contributed by atoms with Gasteiger partial charge < -0.3 is 19.0 Å². The van der Waals surface area contributed by atoms with Crippen molar-refractivity contribution >= 4 is 66.6 Å². The molecule has 7 heteroatoms. The van der Waals surface area contributed by atoms with E-state index >= 15 is 0 Å². The number of nitrogens with zero attached hydrogens (tertiary/aromatic N) is 5. The van der Waals surface area contributed by atoms with Crippen molar-refractivity contribution in [3.8, 4) is 17.3 Å². The summed E-state index contributed by atoms with van der Waals surface area (Å²) in [4.78, 5) is 14.5. The third-order valence-corrected chi connectivity index (χ3v) is 11.7. The van der Waals surface area contributed by atoms with Gasteiger partial charge >= 0.3 is 0 Å². The molecule has 0 saturated heterocycles. The van der Waals surface area contributed by atoms with Crippen molar-refractivity contribution in [1.29, 1.82) is 0 Å². The van der Waals surface area contributed by atoms with Crippen molar-refractivity contribution in [3.63, 3.8) is 0 Å². The van der Waals surface area contributed by atoms with E-state index in [0.29, 0.717) is 12.4 Å². The van der Waals surface area contributed by atoms with Gasteiger partial charge in [-0.3, -0.25) is 4.57 Å². The molecule has 0 saturated carbocycles. The van der Waals surface area contributed by atoms with E-state index in [4.69, 9.17) is 19.1 Å². The molecule has 0 fully saturated rings. The van der Waals surface area contributed by atoms with Gasteiger partial charge in [0, 0.05) is 51.8 Å². The molecule has 0 radical (unpaired) electrons. The Morgan fingerprint density at radius 2 is 1.29 bits per heavy atom. The Bertz CT molecular complexity index is 3060. The molecule has 5 heterocycles. The average Bonchev–Trinajstić information content (AvgIpc) is 3.87. The van der Waals surface area contributed by atoms with Gasteiger partial charge in [-0.1, -0.05) is 90.1 Å². The molecule has 0 aliphatic carbocycles. The normalized spacial score (nSPS) is 13.4. The Balaban J connectivity index is 1.12.